The lowest BCUT2D eigenvalue weighted by atomic mass is 9.93. The number of carbonyl (C=O) groups excluding carboxylic acids is 2. The summed E-state index contributed by atoms with van der Waals surface area (Å²) >= 11 is 0. The van der Waals surface area contributed by atoms with E-state index >= 15 is 0 Å². The van der Waals surface area contributed by atoms with Gasteiger partial charge in [0.1, 0.15) is 5.75 Å². The molecule has 38 heavy (non-hydrogen) atoms. The molecule has 1 aromatic heterocycles. The monoisotopic (exact) mass is 536 g/mol. The van der Waals surface area contributed by atoms with Crippen LogP contribution in [0.4, 0.5) is 0 Å². The topological polar surface area (TPSA) is 104 Å². The van der Waals surface area contributed by atoms with E-state index in [0.717, 1.165) is 11.1 Å². The SMILES string of the molecule is CCOc1cc2c(cc1C(=O)NC[C@@H](O)[C@@H]1Cc3ccccc3CN1)CN(CCc1cccnc1)C2=O.Cl. The van der Waals surface area contributed by atoms with E-state index in [-0.39, 0.29) is 36.8 Å². The summed E-state index contributed by atoms with van der Waals surface area (Å²) in [5.41, 5.74) is 5.25. The molecule has 2 aliphatic rings. The quantitative estimate of drug-likeness (QED) is 0.388. The molecule has 9 heteroatoms. The van der Waals surface area contributed by atoms with Crippen molar-refractivity contribution in [1.82, 2.24) is 20.5 Å². The van der Waals surface area contributed by atoms with E-state index in [1.165, 1.54) is 11.1 Å². The fourth-order valence-corrected chi connectivity index (χ4v) is 5.03. The van der Waals surface area contributed by atoms with Crippen LogP contribution < -0.4 is 15.4 Å². The average Bonchev–Trinajstić information content (AvgIpc) is 3.24. The van der Waals surface area contributed by atoms with Crippen LogP contribution in [0.5, 0.6) is 5.75 Å². The molecule has 3 heterocycles. The van der Waals surface area contributed by atoms with Gasteiger partial charge in [-0.05, 0) is 60.2 Å². The number of nitrogens with one attached hydrogen (secondary N) is 2. The Morgan fingerprint density at radius 3 is 2.79 bits per heavy atom. The Labute approximate surface area is 228 Å². The standard InChI is InChI=1S/C29H32N4O4.ClH/c1-2-37-27-14-23-22(18-33(29(23)36)11-9-19-6-5-10-30-15-19)12-24(27)28(35)32-17-26(34)25-13-20-7-3-4-8-21(20)16-31-25;/h3-8,10,12,14-15,25-26,31,34H,2,9,11,13,16-18H2,1H3,(H,32,35);1H/t25-,26+;/m0./s1. The first kappa shape index (κ1) is 27.6. The van der Waals surface area contributed by atoms with Crippen molar-refractivity contribution in [3.05, 3.63) is 94.3 Å². The van der Waals surface area contributed by atoms with Crippen LogP contribution in [-0.4, -0.2) is 58.6 Å². The highest BCUT2D eigenvalue weighted by molar-refractivity contribution is 6.03. The molecule has 2 atom stereocenters. The van der Waals surface area contributed by atoms with Crippen LogP contribution in [-0.2, 0) is 25.9 Å². The first-order valence-corrected chi connectivity index (χ1v) is 12.8. The second-order valence-corrected chi connectivity index (χ2v) is 9.51. The number of pyridine rings is 1. The van der Waals surface area contributed by atoms with Crippen molar-refractivity contribution in [2.24, 2.45) is 0 Å². The van der Waals surface area contributed by atoms with Gasteiger partial charge in [0.25, 0.3) is 11.8 Å². The third kappa shape index (κ3) is 5.99. The van der Waals surface area contributed by atoms with Crippen molar-refractivity contribution in [2.75, 3.05) is 19.7 Å². The number of aliphatic hydroxyl groups excluding tert-OH is 1. The summed E-state index contributed by atoms with van der Waals surface area (Å²) in [6.07, 6.45) is 4.20. The number of ether oxygens (including phenoxy) is 1. The molecule has 0 bridgehead atoms. The Hall–Kier alpha value is -3.46. The summed E-state index contributed by atoms with van der Waals surface area (Å²) in [4.78, 5) is 32.1. The van der Waals surface area contributed by atoms with Gasteiger partial charge >= 0.3 is 0 Å². The summed E-state index contributed by atoms with van der Waals surface area (Å²) in [5.74, 6) is -0.0194. The Balaban J connectivity index is 0.00000336. The predicted octanol–water partition coefficient (Wildman–Crippen LogP) is 2.91. The van der Waals surface area contributed by atoms with Crippen molar-refractivity contribution in [2.45, 2.75) is 45.0 Å². The molecule has 0 fully saturated rings. The number of carbonyl (C=O) groups is 2. The Kier molecular flexibility index (Phi) is 8.99. The minimum absolute atomic E-state index is 0. The van der Waals surface area contributed by atoms with E-state index in [0.29, 0.717) is 56.0 Å². The molecule has 8 nitrogen and oxygen atoms in total. The Morgan fingerprint density at radius 2 is 2.03 bits per heavy atom. The van der Waals surface area contributed by atoms with E-state index < -0.39 is 6.10 Å². The van der Waals surface area contributed by atoms with Crippen molar-refractivity contribution < 1.29 is 19.4 Å². The van der Waals surface area contributed by atoms with Crippen LogP contribution in [0.2, 0.25) is 0 Å². The largest absolute Gasteiger partial charge is 0.493 e. The van der Waals surface area contributed by atoms with E-state index in [2.05, 4.69) is 27.8 Å². The first-order chi connectivity index (χ1) is 18.0. The smallest absolute Gasteiger partial charge is 0.255 e. The van der Waals surface area contributed by atoms with Gasteiger partial charge in [-0.1, -0.05) is 30.3 Å². The van der Waals surface area contributed by atoms with Gasteiger partial charge in [-0.25, -0.2) is 0 Å². The predicted molar refractivity (Wildman–Crippen MR) is 147 cm³/mol. The molecule has 0 saturated heterocycles. The number of nitrogens with zero attached hydrogens (tertiary/aromatic N) is 2. The molecule has 2 amide bonds. The average molecular weight is 537 g/mol. The van der Waals surface area contributed by atoms with E-state index in [4.69, 9.17) is 4.74 Å². The van der Waals surface area contributed by atoms with Crippen LogP contribution in [0.15, 0.2) is 60.9 Å². The molecule has 2 aromatic carbocycles. The third-order valence-electron chi connectivity index (χ3n) is 7.07. The summed E-state index contributed by atoms with van der Waals surface area (Å²) in [5, 5.41) is 17.0. The van der Waals surface area contributed by atoms with Gasteiger partial charge in [0, 0.05) is 50.2 Å². The van der Waals surface area contributed by atoms with Crippen molar-refractivity contribution in [1.29, 1.82) is 0 Å². The van der Waals surface area contributed by atoms with Crippen LogP contribution in [0.1, 0.15) is 49.9 Å². The molecule has 0 spiro atoms. The first-order valence-electron chi connectivity index (χ1n) is 12.8. The molecule has 2 aliphatic heterocycles. The van der Waals surface area contributed by atoms with Crippen molar-refractivity contribution in [3.8, 4) is 5.75 Å². The van der Waals surface area contributed by atoms with Gasteiger partial charge in [0.15, 0.2) is 0 Å². The molecule has 5 rings (SSSR count). The second-order valence-electron chi connectivity index (χ2n) is 9.51. The zero-order valence-electron chi connectivity index (χ0n) is 21.4. The number of hydrogen-bond donors (Lipinski definition) is 3. The van der Waals surface area contributed by atoms with Crippen molar-refractivity contribution in [3.63, 3.8) is 0 Å². The fourth-order valence-electron chi connectivity index (χ4n) is 5.03. The number of benzene rings is 2. The lowest BCUT2D eigenvalue weighted by molar-refractivity contribution is 0.0779. The van der Waals surface area contributed by atoms with Crippen LogP contribution in [0, 0.1) is 0 Å². The number of rotatable bonds is 9. The van der Waals surface area contributed by atoms with Crippen molar-refractivity contribution >= 4 is 24.2 Å². The number of fused-ring (bicyclic) bond motifs is 2. The molecule has 0 aliphatic carbocycles. The highest BCUT2D eigenvalue weighted by Crippen LogP contribution is 2.31. The number of aliphatic hydroxyl groups is 1. The lowest BCUT2D eigenvalue weighted by Crippen LogP contribution is -2.49. The molecule has 0 saturated carbocycles. The summed E-state index contributed by atoms with van der Waals surface area (Å²) in [6.45, 7) is 4.01. The normalized spacial score (nSPS) is 16.7. The second kappa shape index (κ2) is 12.4. The van der Waals surface area contributed by atoms with Crippen LogP contribution >= 0.6 is 12.4 Å². The molecule has 0 unspecified atom stereocenters. The van der Waals surface area contributed by atoms with E-state index in [1.54, 1.807) is 29.4 Å². The maximum atomic E-state index is 13.2. The van der Waals surface area contributed by atoms with Gasteiger partial charge in [-0.15, -0.1) is 12.4 Å². The number of amides is 2. The lowest BCUT2D eigenvalue weighted by Gasteiger charge is -2.30. The minimum atomic E-state index is -0.744. The fraction of sp³-hybridized carbons (Fsp3) is 0.345. The Morgan fingerprint density at radius 1 is 1.21 bits per heavy atom. The summed E-state index contributed by atoms with van der Waals surface area (Å²) < 4.78 is 5.74. The number of aromatic nitrogens is 1. The molecule has 200 valence electrons. The highest BCUT2D eigenvalue weighted by Gasteiger charge is 2.31. The van der Waals surface area contributed by atoms with Gasteiger partial charge < -0.3 is 25.4 Å². The Bertz CT molecular complexity index is 1290. The third-order valence-corrected chi connectivity index (χ3v) is 7.07. The van der Waals surface area contributed by atoms with Gasteiger partial charge in [0.2, 0.25) is 0 Å². The van der Waals surface area contributed by atoms with Gasteiger partial charge in [0.05, 0.1) is 18.3 Å². The van der Waals surface area contributed by atoms with Gasteiger partial charge in [-0.2, -0.15) is 0 Å². The molecule has 3 aromatic rings. The zero-order valence-corrected chi connectivity index (χ0v) is 22.2. The molecular weight excluding hydrogens is 504 g/mol. The molecule has 3 N–H and O–H groups in total. The number of halogens is 1. The molecular formula is C29H33ClN4O4. The van der Waals surface area contributed by atoms with Gasteiger partial charge in [-0.3, -0.25) is 14.6 Å². The number of hydrogen-bond acceptors (Lipinski definition) is 6. The van der Waals surface area contributed by atoms with E-state index in [1.807, 2.05) is 31.2 Å². The summed E-state index contributed by atoms with van der Waals surface area (Å²) in [6, 6.07) is 15.3. The summed E-state index contributed by atoms with van der Waals surface area (Å²) in [7, 11) is 0. The maximum Gasteiger partial charge on any atom is 0.255 e. The van der Waals surface area contributed by atoms with Crippen LogP contribution in [0.3, 0.4) is 0 Å². The zero-order chi connectivity index (χ0) is 25.8. The highest BCUT2D eigenvalue weighted by atomic mass is 35.5. The minimum Gasteiger partial charge on any atom is -0.493 e. The maximum absolute atomic E-state index is 13.2. The van der Waals surface area contributed by atoms with Crippen LogP contribution in [0.25, 0.3) is 0 Å². The molecule has 0 radical (unpaired) electrons. The van der Waals surface area contributed by atoms with E-state index in [9.17, 15) is 14.7 Å².